The van der Waals surface area contributed by atoms with Crippen LogP contribution in [0.15, 0.2) is 97.3 Å². The van der Waals surface area contributed by atoms with E-state index >= 15 is 0 Å². The molecule has 0 aliphatic heterocycles. The van der Waals surface area contributed by atoms with Crippen LogP contribution in [0.3, 0.4) is 0 Å². The summed E-state index contributed by atoms with van der Waals surface area (Å²) >= 11 is 1.45. The number of ether oxygens (including phenoxy) is 2. The summed E-state index contributed by atoms with van der Waals surface area (Å²) in [5.74, 6) is 0.671. The highest BCUT2D eigenvalue weighted by molar-refractivity contribution is 7.22. The number of carbonyl (C=O) groups is 1. The molecule has 0 aliphatic rings. The molecule has 5 aromatic rings. The van der Waals surface area contributed by atoms with Crippen LogP contribution in [-0.2, 0) is 11.3 Å². The second kappa shape index (κ2) is 10.6. The number of benzene rings is 3. The van der Waals surface area contributed by atoms with E-state index in [1.165, 1.54) is 11.3 Å². The number of hydrogen-bond acceptors (Lipinski definition) is 6. The standard InChI is InChI=1S/C29H25N3O3S/c1-34-24-16-23-26(17-25(24)35-2)36-29(31-23)32(19-20-10-9-15-30-18-20)28(33)27(21-11-5-3-6-12-21)22-13-7-4-8-14-22/h3-18,27H,19H2,1-2H3. The van der Waals surface area contributed by atoms with E-state index in [2.05, 4.69) is 4.98 Å². The first kappa shape index (κ1) is 23.5. The number of amides is 1. The Morgan fingerprint density at radius 3 is 2.11 bits per heavy atom. The molecular weight excluding hydrogens is 470 g/mol. The zero-order valence-electron chi connectivity index (χ0n) is 20.0. The molecule has 1 amide bonds. The maximum absolute atomic E-state index is 14.4. The van der Waals surface area contributed by atoms with E-state index in [1.807, 2.05) is 84.9 Å². The van der Waals surface area contributed by atoms with Crippen molar-refractivity contribution in [3.8, 4) is 11.5 Å². The van der Waals surface area contributed by atoms with Crippen molar-refractivity contribution >= 4 is 32.6 Å². The van der Waals surface area contributed by atoms with Gasteiger partial charge in [0.1, 0.15) is 0 Å². The van der Waals surface area contributed by atoms with Gasteiger partial charge in [-0.05, 0) is 22.8 Å². The van der Waals surface area contributed by atoms with Gasteiger partial charge in [0.2, 0.25) is 5.91 Å². The minimum absolute atomic E-state index is 0.0609. The Balaban J connectivity index is 1.63. The fourth-order valence-corrected chi connectivity index (χ4v) is 5.18. The second-order valence-corrected chi connectivity index (χ2v) is 9.22. The van der Waals surface area contributed by atoms with Crippen LogP contribution in [0.4, 0.5) is 5.13 Å². The summed E-state index contributed by atoms with van der Waals surface area (Å²) < 4.78 is 11.8. The fourth-order valence-electron chi connectivity index (χ4n) is 4.20. The van der Waals surface area contributed by atoms with E-state index in [1.54, 1.807) is 31.5 Å². The van der Waals surface area contributed by atoms with Crippen LogP contribution in [0.2, 0.25) is 0 Å². The van der Waals surface area contributed by atoms with E-state index < -0.39 is 5.92 Å². The van der Waals surface area contributed by atoms with Gasteiger partial charge in [-0.2, -0.15) is 0 Å². The number of aromatic nitrogens is 2. The third-order valence-electron chi connectivity index (χ3n) is 5.96. The summed E-state index contributed by atoms with van der Waals surface area (Å²) in [6, 6.07) is 27.3. The van der Waals surface area contributed by atoms with Crippen molar-refractivity contribution in [1.29, 1.82) is 0 Å². The van der Waals surface area contributed by atoms with Crippen LogP contribution in [0.5, 0.6) is 11.5 Å². The van der Waals surface area contributed by atoms with Crippen molar-refractivity contribution in [3.63, 3.8) is 0 Å². The fraction of sp³-hybridized carbons (Fsp3) is 0.138. The molecule has 0 atom stereocenters. The summed E-state index contributed by atoms with van der Waals surface area (Å²) in [7, 11) is 3.20. The molecule has 0 bridgehead atoms. The molecule has 36 heavy (non-hydrogen) atoms. The van der Waals surface area contributed by atoms with Crippen molar-refractivity contribution in [2.24, 2.45) is 0 Å². The zero-order valence-corrected chi connectivity index (χ0v) is 20.8. The maximum atomic E-state index is 14.4. The minimum Gasteiger partial charge on any atom is -0.493 e. The Bertz CT molecular complexity index is 1380. The number of hydrogen-bond donors (Lipinski definition) is 0. The summed E-state index contributed by atoms with van der Waals surface area (Å²) in [6.07, 6.45) is 3.50. The molecule has 0 saturated heterocycles. The van der Waals surface area contributed by atoms with Crippen molar-refractivity contribution < 1.29 is 14.3 Å². The van der Waals surface area contributed by atoms with Crippen LogP contribution in [-0.4, -0.2) is 30.1 Å². The number of anilines is 1. The lowest BCUT2D eigenvalue weighted by molar-refractivity contribution is -0.119. The Hall–Kier alpha value is -4.23. The van der Waals surface area contributed by atoms with Crippen molar-refractivity contribution in [2.45, 2.75) is 12.5 Å². The number of methoxy groups -OCH3 is 2. The molecule has 5 rings (SSSR count). The lowest BCUT2D eigenvalue weighted by atomic mass is 9.90. The first-order chi connectivity index (χ1) is 17.7. The third kappa shape index (κ3) is 4.78. The van der Waals surface area contributed by atoms with Crippen LogP contribution < -0.4 is 14.4 Å². The summed E-state index contributed by atoms with van der Waals surface area (Å²) in [4.78, 5) is 25.3. The zero-order chi connectivity index (χ0) is 24.9. The van der Waals surface area contributed by atoms with E-state index in [4.69, 9.17) is 14.5 Å². The van der Waals surface area contributed by atoms with Gasteiger partial charge in [0, 0.05) is 24.5 Å². The molecule has 2 heterocycles. The van der Waals surface area contributed by atoms with Crippen LogP contribution in [0, 0.1) is 0 Å². The van der Waals surface area contributed by atoms with Gasteiger partial charge in [0.15, 0.2) is 16.6 Å². The highest BCUT2D eigenvalue weighted by Gasteiger charge is 2.30. The number of nitrogens with zero attached hydrogens (tertiary/aromatic N) is 3. The van der Waals surface area contributed by atoms with Gasteiger partial charge in [-0.15, -0.1) is 0 Å². The van der Waals surface area contributed by atoms with Gasteiger partial charge in [0.25, 0.3) is 0 Å². The molecule has 0 saturated carbocycles. The maximum Gasteiger partial charge on any atom is 0.241 e. The van der Waals surface area contributed by atoms with Crippen LogP contribution in [0.1, 0.15) is 22.6 Å². The Morgan fingerprint density at radius 1 is 0.889 bits per heavy atom. The first-order valence-corrected chi connectivity index (χ1v) is 12.3. The Labute approximate surface area is 213 Å². The van der Waals surface area contributed by atoms with Gasteiger partial charge >= 0.3 is 0 Å². The van der Waals surface area contributed by atoms with Crippen molar-refractivity contribution in [1.82, 2.24) is 9.97 Å². The lowest BCUT2D eigenvalue weighted by Gasteiger charge is -2.26. The van der Waals surface area contributed by atoms with E-state index in [0.717, 1.165) is 26.9 Å². The Morgan fingerprint density at radius 2 is 1.53 bits per heavy atom. The molecule has 6 nitrogen and oxygen atoms in total. The number of thiazole rings is 1. The summed E-state index contributed by atoms with van der Waals surface area (Å²) in [5.41, 5.74) is 3.51. The van der Waals surface area contributed by atoms with Gasteiger partial charge in [-0.1, -0.05) is 78.1 Å². The molecule has 180 valence electrons. The lowest BCUT2D eigenvalue weighted by Crippen LogP contribution is -2.35. The highest BCUT2D eigenvalue weighted by Crippen LogP contribution is 2.39. The normalized spacial score (nSPS) is 11.0. The molecule has 0 aliphatic carbocycles. The molecule has 0 unspecified atom stereocenters. The molecule has 0 N–H and O–H groups in total. The molecule has 3 aromatic carbocycles. The smallest absolute Gasteiger partial charge is 0.241 e. The molecule has 7 heteroatoms. The van der Waals surface area contributed by atoms with Gasteiger partial charge in [-0.25, -0.2) is 4.98 Å². The number of fused-ring (bicyclic) bond motifs is 1. The molecule has 0 fully saturated rings. The van der Waals surface area contributed by atoms with E-state index in [0.29, 0.717) is 23.2 Å². The monoisotopic (exact) mass is 495 g/mol. The number of carbonyl (C=O) groups excluding carboxylic acids is 1. The predicted octanol–water partition coefficient (Wildman–Crippen LogP) is 6.07. The molecule has 0 spiro atoms. The topological polar surface area (TPSA) is 64.5 Å². The average molecular weight is 496 g/mol. The first-order valence-electron chi connectivity index (χ1n) is 11.5. The van der Waals surface area contributed by atoms with E-state index in [9.17, 15) is 4.79 Å². The number of rotatable bonds is 8. The molecule has 0 radical (unpaired) electrons. The quantitative estimate of drug-likeness (QED) is 0.261. The Kier molecular flexibility index (Phi) is 6.91. The van der Waals surface area contributed by atoms with Crippen molar-refractivity contribution in [2.75, 3.05) is 19.1 Å². The van der Waals surface area contributed by atoms with E-state index in [-0.39, 0.29) is 5.91 Å². The SMILES string of the molecule is COc1cc2nc(N(Cc3cccnc3)C(=O)C(c3ccccc3)c3ccccc3)sc2cc1OC. The number of pyridine rings is 1. The second-order valence-electron chi connectivity index (χ2n) is 8.21. The van der Waals surface area contributed by atoms with Crippen LogP contribution in [0.25, 0.3) is 10.2 Å². The van der Waals surface area contributed by atoms with Crippen LogP contribution >= 0.6 is 11.3 Å². The summed E-state index contributed by atoms with van der Waals surface area (Å²) in [5, 5.41) is 0.603. The molecule has 2 aromatic heterocycles. The molecular formula is C29H25N3O3S. The predicted molar refractivity (Wildman–Crippen MR) is 143 cm³/mol. The average Bonchev–Trinajstić information content (AvgIpc) is 3.35. The van der Waals surface area contributed by atoms with Gasteiger partial charge < -0.3 is 9.47 Å². The largest absolute Gasteiger partial charge is 0.493 e. The highest BCUT2D eigenvalue weighted by atomic mass is 32.1. The van der Waals surface area contributed by atoms with Crippen molar-refractivity contribution in [3.05, 3.63) is 114 Å². The minimum atomic E-state index is -0.486. The van der Waals surface area contributed by atoms with Gasteiger partial charge in [0.05, 0.1) is 36.9 Å². The van der Waals surface area contributed by atoms with Gasteiger partial charge in [-0.3, -0.25) is 14.7 Å². The summed E-state index contributed by atoms with van der Waals surface area (Å²) in [6.45, 7) is 0.344. The third-order valence-corrected chi connectivity index (χ3v) is 7.00.